The third-order valence-corrected chi connectivity index (χ3v) is 4.62. The molecule has 25 heavy (non-hydrogen) atoms. The molecular formula is C14H17NO9S. The van der Waals surface area contributed by atoms with Crippen molar-refractivity contribution in [2.24, 2.45) is 5.92 Å². The number of ether oxygens (including phenoxy) is 2. The topological polar surface area (TPSA) is 139 Å². The molecule has 1 rings (SSSR count). The van der Waals surface area contributed by atoms with Gasteiger partial charge in [-0.05, 0) is 18.6 Å². The average molecular weight is 375 g/mol. The van der Waals surface area contributed by atoms with E-state index in [1.54, 1.807) is 6.92 Å². The lowest BCUT2D eigenvalue weighted by Crippen LogP contribution is -2.39. The Morgan fingerprint density at radius 2 is 1.64 bits per heavy atom. The fourth-order valence-electron chi connectivity index (χ4n) is 1.97. The van der Waals surface area contributed by atoms with Crippen LogP contribution in [0.5, 0.6) is 0 Å². The number of hydrogen-bond donors (Lipinski definition) is 0. The lowest BCUT2D eigenvalue weighted by atomic mass is 10.00. The molecule has 0 aliphatic heterocycles. The van der Waals surface area contributed by atoms with Crippen LogP contribution in [0.15, 0.2) is 29.2 Å². The third-order valence-electron chi connectivity index (χ3n) is 3.31. The number of hydrogen-bond acceptors (Lipinski definition) is 9. The summed E-state index contributed by atoms with van der Waals surface area (Å²) in [4.78, 5) is 33.2. The molecule has 1 aromatic carbocycles. The number of nitro benzene ring substituents is 1. The first-order valence-corrected chi connectivity index (χ1v) is 8.42. The van der Waals surface area contributed by atoms with Gasteiger partial charge in [0.25, 0.3) is 15.8 Å². The Kier molecular flexibility index (Phi) is 7.00. The minimum Gasteiger partial charge on any atom is -0.469 e. The van der Waals surface area contributed by atoms with Gasteiger partial charge in [-0.1, -0.05) is 6.92 Å². The monoisotopic (exact) mass is 375 g/mol. The van der Waals surface area contributed by atoms with E-state index in [4.69, 9.17) is 4.18 Å². The largest absolute Gasteiger partial charge is 0.469 e. The molecule has 0 heterocycles. The van der Waals surface area contributed by atoms with Crippen molar-refractivity contribution in [1.29, 1.82) is 0 Å². The van der Waals surface area contributed by atoms with Crippen molar-refractivity contribution in [2.45, 2.75) is 24.3 Å². The maximum Gasteiger partial charge on any atom is 0.337 e. The summed E-state index contributed by atoms with van der Waals surface area (Å²) >= 11 is 0. The molecular weight excluding hydrogens is 358 g/mol. The molecule has 11 heteroatoms. The van der Waals surface area contributed by atoms with Crippen molar-refractivity contribution in [3.8, 4) is 0 Å². The molecule has 0 saturated carbocycles. The number of methoxy groups -OCH3 is 2. The summed E-state index contributed by atoms with van der Waals surface area (Å²) < 4.78 is 38.6. The van der Waals surface area contributed by atoms with Crippen LogP contribution in [0, 0.1) is 16.0 Å². The van der Waals surface area contributed by atoms with Crippen molar-refractivity contribution in [2.75, 3.05) is 14.2 Å². The molecule has 0 fully saturated rings. The van der Waals surface area contributed by atoms with E-state index in [1.165, 1.54) is 0 Å². The van der Waals surface area contributed by atoms with E-state index in [2.05, 4.69) is 9.47 Å². The van der Waals surface area contributed by atoms with E-state index in [0.29, 0.717) is 0 Å². The van der Waals surface area contributed by atoms with Crippen LogP contribution in [0.25, 0.3) is 0 Å². The van der Waals surface area contributed by atoms with Crippen molar-refractivity contribution < 1.29 is 36.6 Å². The number of nitro groups is 1. The van der Waals surface area contributed by atoms with Gasteiger partial charge in [0.1, 0.15) is 0 Å². The van der Waals surface area contributed by atoms with Crippen LogP contribution < -0.4 is 0 Å². The van der Waals surface area contributed by atoms with Crippen LogP contribution in [-0.2, 0) is 33.4 Å². The fraction of sp³-hybridized carbons (Fsp3) is 0.429. The number of carbonyl (C=O) groups excluding carboxylic acids is 2. The maximum atomic E-state index is 12.3. The van der Waals surface area contributed by atoms with Gasteiger partial charge in [0.2, 0.25) is 0 Å². The number of esters is 2. The predicted octanol–water partition coefficient (Wildman–Crippen LogP) is 1.04. The summed E-state index contributed by atoms with van der Waals surface area (Å²) in [5.41, 5.74) is -0.315. The zero-order chi connectivity index (χ0) is 19.2. The van der Waals surface area contributed by atoms with Gasteiger partial charge in [0, 0.05) is 12.1 Å². The van der Waals surface area contributed by atoms with Gasteiger partial charge in [-0.15, -0.1) is 0 Å². The first-order chi connectivity index (χ1) is 11.7. The second-order valence-corrected chi connectivity index (χ2v) is 6.36. The Hall–Kier alpha value is -2.53. The lowest BCUT2D eigenvalue weighted by molar-refractivity contribution is -0.384. The van der Waals surface area contributed by atoms with Crippen molar-refractivity contribution in [3.05, 3.63) is 34.4 Å². The van der Waals surface area contributed by atoms with E-state index in [-0.39, 0.29) is 12.1 Å². The molecule has 10 nitrogen and oxygen atoms in total. The summed E-state index contributed by atoms with van der Waals surface area (Å²) in [5.74, 6) is -3.11. The molecule has 0 amide bonds. The highest BCUT2D eigenvalue weighted by Crippen LogP contribution is 2.23. The number of non-ortho nitro benzene ring substituents is 1. The van der Waals surface area contributed by atoms with Crippen LogP contribution >= 0.6 is 0 Å². The maximum absolute atomic E-state index is 12.3. The number of nitrogens with zero attached hydrogens (tertiary/aromatic N) is 1. The third kappa shape index (κ3) is 4.97. The predicted molar refractivity (Wildman–Crippen MR) is 83.0 cm³/mol. The van der Waals surface area contributed by atoms with Crippen molar-refractivity contribution >= 4 is 27.7 Å². The first-order valence-electron chi connectivity index (χ1n) is 7.01. The SMILES string of the molecule is CC[C@H](C(=O)OC)[C@@H](OS(=O)(=O)c1ccc([N+](=O)[O-])cc1)C(=O)OC. The molecule has 0 N–H and O–H groups in total. The zero-order valence-electron chi connectivity index (χ0n) is 13.7. The van der Waals surface area contributed by atoms with Gasteiger partial charge in [-0.25, -0.2) is 4.79 Å². The smallest absolute Gasteiger partial charge is 0.337 e. The molecule has 0 bridgehead atoms. The average Bonchev–Trinajstić information content (AvgIpc) is 2.60. The van der Waals surface area contributed by atoms with Crippen LogP contribution in [0.4, 0.5) is 5.69 Å². The minimum absolute atomic E-state index is 0.0578. The van der Waals surface area contributed by atoms with Gasteiger partial charge < -0.3 is 9.47 Å². The first kappa shape index (κ1) is 20.5. The lowest BCUT2D eigenvalue weighted by Gasteiger charge is -2.21. The van der Waals surface area contributed by atoms with Gasteiger partial charge in [0.15, 0.2) is 6.10 Å². The van der Waals surface area contributed by atoms with Crippen molar-refractivity contribution in [3.63, 3.8) is 0 Å². The highest BCUT2D eigenvalue weighted by atomic mass is 32.2. The zero-order valence-corrected chi connectivity index (χ0v) is 14.5. The normalized spacial score (nSPS) is 13.6. The van der Waals surface area contributed by atoms with E-state index < -0.39 is 43.9 Å². The Bertz CT molecular complexity index is 742. The number of carbonyl (C=O) groups is 2. The fourth-order valence-corrected chi connectivity index (χ4v) is 3.04. The van der Waals surface area contributed by atoms with Gasteiger partial charge >= 0.3 is 11.9 Å². The molecule has 0 saturated heterocycles. The van der Waals surface area contributed by atoms with Crippen LogP contribution in [-0.4, -0.2) is 45.6 Å². The second-order valence-electron chi connectivity index (χ2n) is 4.78. The number of rotatable bonds is 8. The molecule has 0 aromatic heterocycles. The minimum atomic E-state index is -4.49. The standard InChI is InChI=1S/C14H17NO9S/c1-4-11(13(16)22-2)12(14(17)23-3)24-25(20,21)10-7-5-9(6-8-10)15(18)19/h5-8,11-12H,4H2,1-3H3/t11-,12+/m0/s1. The highest BCUT2D eigenvalue weighted by molar-refractivity contribution is 7.86. The highest BCUT2D eigenvalue weighted by Gasteiger charge is 2.39. The summed E-state index contributed by atoms with van der Waals surface area (Å²) in [6, 6.07) is 3.86. The van der Waals surface area contributed by atoms with Gasteiger partial charge in [-0.2, -0.15) is 8.42 Å². The molecule has 2 atom stereocenters. The molecule has 1 aromatic rings. The molecule has 0 radical (unpaired) electrons. The van der Waals surface area contributed by atoms with Crippen LogP contribution in [0.3, 0.4) is 0 Å². The number of benzene rings is 1. The Labute approximate surface area is 144 Å². The summed E-state index contributed by atoms with van der Waals surface area (Å²) in [7, 11) is -2.38. The van der Waals surface area contributed by atoms with E-state index in [1.807, 2.05) is 0 Å². The molecule has 138 valence electrons. The van der Waals surface area contributed by atoms with Gasteiger partial charge in [-0.3, -0.25) is 19.1 Å². The molecule has 0 aliphatic carbocycles. The molecule has 0 spiro atoms. The van der Waals surface area contributed by atoms with Crippen LogP contribution in [0.2, 0.25) is 0 Å². The Morgan fingerprint density at radius 1 is 1.12 bits per heavy atom. The summed E-state index contributed by atoms with van der Waals surface area (Å²) in [6.45, 7) is 1.54. The second kappa shape index (κ2) is 8.53. The van der Waals surface area contributed by atoms with Gasteiger partial charge in [0.05, 0.1) is 30.0 Å². The molecule has 0 unspecified atom stereocenters. The Balaban J connectivity index is 3.19. The van der Waals surface area contributed by atoms with E-state index >= 15 is 0 Å². The van der Waals surface area contributed by atoms with E-state index in [0.717, 1.165) is 38.5 Å². The van der Waals surface area contributed by atoms with Crippen molar-refractivity contribution in [1.82, 2.24) is 0 Å². The van der Waals surface area contributed by atoms with Crippen LogP contribution in [0.1, 0.15) is 13.3 Å². The Morgan fingerprint density at radius 3 is 2.04 bits per heavy atom. The summed E-state index contributed by atoms with van der Waals surface area (Å²) in [6.07, 6.45) is -1.69. The van der Waals surface area contributed by atoms with E-state index in [9.17, 15) is 28.1 Å². The molecule has 0 aliphatic rings. The quantitative estimate of drug-likeness (QED) is 0.282. The summed E-state index contributed by atoms with van der Waals surface area (Å²) in [5, 5.41) is 10.6.